The highest BCUT2D eigenvalue weighted by Crippen LogP contribution is 2.36. The molecule has 0 amide bonds. The zero-order valence-corrected chi connectivity index (χ0v) is 14.9. The molecule has 1 aliphatic heterocycles. The Morgan fingerprint density at radius 2 is 2.22 bits per heavy atom. The van der Waals surface area contributed by atoms with E-state index in [1.807, 2.05) is 13.8 Å². The molecule has 0 spiro atoms. The number of hydrogen-bond acceptors (Lipinski definition) is 7. The molecule has 126 valence electrons. The first-order valence-corrected chi connectivity index (χ1v) is 9.64. The average molecular weight is 357 g/mol. The van der Waals surface area contributed by atoms with Crippen LogP contribution in [0.3, 0.4) is 0 Å². The van der Waals surface area contributed by atoms with Gasteiger partial charge in [0.1, 0.15) is 0 Å². The Morgan fingerprint density at radius 1 is 1.48 bits per heavy atom. The lowest BCUT2D eigenvalue weighted by atomic mass is 10.0. The largest absolute Gasteiger partial charge is 0.379 e. The van der Waals surface area contributed by atoms with Crippen molar-refractivity contribution in [2.45, 2.75) is 44.1 Å². The van der Waals surface area contributed by atoms with E-state index in [0.717, 1.165) is 9.75 Å². The monoisotopic (exact) mass is 357 g/mol. The first-order valence-electron chi connectivity index (χ1n) is 7.39. The van der Waals surface area contributed by atoms with Crippen LogP contribution in [0.25, 0.3) is 0 Å². The molecule has 9 heteroatoms. The molecule has 2 aromatic rings. The first kappa shape index (κ1) is 16.6. The topological polar surface area (TPSA) is 96.5 Å². The van der Waals surface area contributed by atoms with Crippen molar-refractivity contribution in [1.29, 1.82) is 0 Å². The first-order chi connectivity index (χ1) is 10.8. The third-order valence-corrected chi connectivity index (χ3v) is 7.07. The van der Waals surface area contributed by atoms with Crippen molar-refractivity contribution >= 4 is 21.4 Å². The van der Waals surface area contributed by atoms with Crippen LogP contribution in [0, 0.1) is 13.8 Å². The van der Waals surface area contributed by atoms with Gasteiger partial charge >= 0.3 is 0 Å². The molecule has 1 fully saturated rings. The van der Waals surface area contributed by atoms with E-state index >= 15 is 0 Å². The van der Waals surface area contributed by atoms with Crippen molar-refractivity contribution in [3.63, 3.8) is 0 Å². The lowest BCUT2D eigenvalue weighted by Gasteiger charge is -2.19. The lowest BCUT2D eigenvalue weighted by Crippen LogP contribution is -2.34. The summed E-state index contributed by atoms with van der Waals surface area (Å²) in [4.78, 5) is 6.15. The number of aryl methyl sites for hydroxylation is 3. The standard InChI is InChI=1S/C14H19N3O4S2/c1-4-12-15-13(21-16-12)14(18)5-6-17(8-14)23(19,20)11-7-9(2)22-10(11)3/h7,18H,4-6,8H2,1-3H3. The quantitative estimate of drug-likeness (QED) is 0.893. The van der Waals surface area contributed by atoms with Crippen LogP contribution in [0.4, 0.5) is 0 Å². The molecule has 1 saturated heterocycles. The van der Waals surface area contributed by atoms with Crippen LogP contribution in [0.5, 0.6) is 0 Å². The van der Waals surface area contributed by atoms with Gasteiger partial charge in [-0.25, -0.2) is 8.42 Å². The van der Waals surface area contributed by atoms with Crippen LogP contribution in [0.2, 0.25) is 0 Å². The molecule has 1 unspecified atom stereocenters. The van der Waals surface area contributed by atoms with Gasteiger partial charge in [0.2, 0.25) is 10.0 Å². The van der Waals surface area contributed by atoms with Gasteiger partial charge in [-0.15, -0.1) is 11.3 Å². The molecule has 1 atom stereocenters. The van der Waals surface area contributed by atoms with Crippen molar-refractivity contribution in [1.82, 2.24) is 14.4 Å². The summed E-state index contributed by atoms with van der Waals surface area (Å²) in [7, 11) is -3.63. The Balaban J connectivity index is 1.88. The van der Waals surface area contributed by atoms with Crippen molar-refractivity contribution in [3.05, 3.63) is 27.5 Å². The molecule has 0 bridgehead atoms. The van der Waals surface area contributed by atoms with E-state index in [1.54, 1.807) is 13.0 Å². The third-order valence-electron chi connectivity index (χ3n) is 4.01. The lowest BCUT2D eigenvalue weighted by molar-refractivity contribution is 0.0194. The highest BCUT2D eigenvalue weighted by molar-refractivity contribution is 7.89. The van der Waals surface area contributed by atoms with Crippen molar-refractivity contribution in [3.8, 4) is 0 Å². The minimum Gasteiger partial charge on any atom is -0.379 e. The van der Waals surface area contributed by atoms with Crippen molar-refractivity contribution in [2.24, 2.45) is 0 Å². The molecule has 0 radical (unpaired) electrons. The Bertz CT molecular complexity index is 827. The van der Waals surface area contributed by atoms with Crippen LogP contribution in [-0.2, 0) is 22.0 Å². The summed E-state index contributed by atoms with van der Waals surface area (Å²) in [5.74, 6) is 0.587. The Hall–Kier alpha value is -1.29. The fourth-order valence-electron chi connectivity index (χ4n) is 2.73. The van der Waals surface area contributed by atoms with E-state index in [0.29, 0.717) is 17.1 Å². The van der Waals surface area contributed by atoms with Crippen LogP contribution in [-0.4, -0.2) is 41.1 Å². The normalized spacial score (nSPS) is 22.8. The number of aromatic nitrogens is 2. The number of aliphatic hydroxyl groups is 1. The van der Waals surface area contributed by atoms with Gasteiger partial charge < -0.3 is 9.63 Å². The third kappa shape index (κ3) is 2.82. The fraction of sp³-hybridized carbons (Fsp3) is 0.571. The summed E-state index contributed by atoms with van der Waals surface area (Å²) in [5.41, 5.74) is -1.42. The zero-order chi connectivity index (χ0) is 16.8. The second-order valence-electron chi connectivity index (χ2n) is 5.77. The smallest absolute Gasteiger partial charge is 0.260 e. The summed E-state index contributed by atoms with van der Waals surface area (Å²) in [6, 6.07) is 1.68. The molecule has 0 saturated carbocycles. The predicted octanol–water partition coefficient (Wildman–Crippen LogP) is 1.59. The molecule has 0 aromatic carbocycles. The van der Waals surface area contributed by atoms with Gasteiger partial charge in [0.05, 0.1) is 11.4 Å². The molecule has 1 aliphatic rings. The molecule has 2 aromatic heterocycles. The number of β-amino-alcohol motifs (C(OH)–C–C–N with tert-alkyl or cyclic N) is 1. The highest BCUT2D eigenvalue weighted by atomic mass is 32.2. The van der Waals surface area contributed by atoms with Gasteiger partial charge in [0.25, 0.3) is 5.89 Å². The van der Waals surface area contributed by atoms with Crippen molar-refractivity contribution < 1.29 is 18.0 Å². The molecule has 23 heavy (non-hydrogen) atoms. The number of rotatable bonds is 4. The fourth-order valence-corrected chi connectivity index (χ4v) is 5.75. The Morgan fingerprint density at radius 3 is 2.78 bits per heavy atom. The molecule has 1 N–H and O–H groups in total. The summed E-state index contributed by atoms with van der Waals surface area (Å²) >= 11 is 1.45. The van der Waals surface area contributed by atoms with E-state index in [9.17, 15) is 13.5 Å². The highest BCUT2D eigenvalue weighted by Gasteiger charge is 2.47. The van der Waals surface area contributed by atoms with Gasteiger partial charge in [-0.05, 0) is 19.9 Å². The zero-order valence-electron chi connectivity index (χ0n) is 13.2. The van der Waals surface area contributed by atoms with Gasteiger partial charge in [0, 0.05) is 29.1 Å². The molecule has 3 heterocycles. The maximum Gasteiger partial charge on any atom is 0.260 e. The maximum absolute atomic E-state index is 12.8. The van der Waals surface area contributed by atoms with Crippen LogP contribution in [0.15, 0.2) is 15.5 Å². The second-order valence-corrected chi connectivity index (χ2v) is 9.13. The van der Waals surface area contributed by atoms with Gasteiger partial charge in [-0.1, -0.05) is 12.1 Å². The van der Waals surface area contributed by atoms with E-state index in [4.69, 9.17) is 4.52 Å². The summed E-state index contributed by atoms with van der Waals surface area (Å²) < 4.78 is 32.0. The number of sulfonamides is 1. The van der Waals surface area contributed by atoms with Crippen molar-refractivity contribution in [2.75, 3.05) is 13.1 Å². The van der Waals surface area contributed by atoms with E-state index in [2.05, 4.69) is 10.1 Å². The Kier molecular flexibility index (Phi) is 4.07. The van der Waals surface area contributed by atoms with Crippen LogP contribution >= 0.6 is 11.3 Å². The SMILES string of the molecule is CCc1noc(C2(O)CCN(S(=O)(=O)c3cc(C)sc3C)C2)n1. The van der Waals surface area contributed by atoms with Gasteiger partial charge in [-0.2, -0.15) is 9.29 Å². The predicted molar refractivity (Wildman–Crippen MR) is 84.7 cm³/mol. The second kappa shape index (κ2) is 5.66. The van der Waals surface area contributed by atoms with E-state index in [-0.39, 0.29) is 25.4 Å². The summed E-state index contributed by atoms with van der Waals surface area (Å²) in [5, 5.41) is 14.5. The summed E-state index contributed by atoms with van der Waals surface area (Å²) in [6.45, 7) is 5.69. The molecule has 7 nitrogen and oxygen atoms in total. The van der Waals surface area contributed by atoms with Crippen LogP contribution in [0.1, 0.15) is 34.8 Å². The summed E-state index contributed by atoms with van der Waals surface area (Å²) in [6.07, 6.45) is 0.828. The van der Waals surface area contributed by atoms with E-state index < -0.39 is 15.6 Å². The molecular formula is C14H19N3O4S2. The average Bonchev–Trinajstić information content (AvgIpc) is 3.18. The molecule has 0 aliphatic carbocycles. The number of nitrogens with zero attached hydrogens (tertiary/aromatic N) is 3. The minimum absolute atomic E-state index is 0.0744. The van der Waals surface area contributed by atoms with Gasteiger partial charge in [0.15, 0.2) is 11.4 Å². The van der Waals surface area contributed by atoms with Crippen LogP contribution < -0.4 is 0 Å². The number of hydrogen-bond donors (Lipinski definition) is 1. The van der Waals surface area contributed by atoms with Gasteiger partial charge in [-0.3, -0.25) is 0 Å². The maximum atomic E-state index is 12.8. The molecule has 3 rings (SSSR count). The molecular weight excluding hydrogens is 338 g/mol. The van der Waals surface area contributed by atoms with E-state index in [1.165, 1.54) is 15.6 Å². The number of thiophene rings is 1. The minimum atomic E-state index is -3.63. The Labute approximate surface area is 139 Å².